The van der Waals surface area contributed by atoms with Crippen LogP contribution in [-0.2, 0) is 9.47 Å². The number of hydrogen-bond donors (Lipinski definition) is 0. The molecule has 0 heterocycles. The molecule has 0 saturated carbocycles. The van der Waals surface area contributed by atoms with E-state index in [0.717, 1.165) is 26.4 Å². The minimum atomic E-state index is 0.323. The van der Waals surface area contributed by atoms with Crippen molar-refractivity contribution in [2.45, 2.75) is 23.5 Å². The summed E-state index contributed by atoms with van der Waals surface area (Å²) in [6, 6.07) is 0. The van der Waals surface area contributed by atoms with Crippen LogP contribution in [0, 0.1) is 0 Å². The molecule has 0 bridgehead atoms. The minimum Gasteiger partial charge on any atom is -0.381 e. The second-order valence-corrected chi connectivity index (χ2v) is 4.70. The van der Waals surface area contributed by atoms with Gasteiger partial charge < -0.3 is 9.47 Å². The Morgan fingerprint density at radius 3 is 1.50 bits per heavy atom. The van der Waals surface area contributed by atoms with E-state index >= 15 is 0 Å². The summed E-state index contributed by atoms with van der Waals surface area (Å²) in [5.74, 6) is 0. The maximum Gasteiger partial charge on any atom is 0.0603 e. The molecule has 2 atom stereocenters. The van der Waals surface area contributed by atoms with E-state index in [1.165, 1.54) is 0 Å². The highest BCUT2D eigenvalue weighted by atomic mass is 79.9. The van der Waals surface area contributed by atoms with Gasteiger partial charge in [-0.15, -0.1) is 0 Å². The molecule has 0 aromatic carbocycles. The van der Waals surface area contributed by atoms with Crippen LogP contribution in [0.2, 0.25) is 0 Å². The Hall–Kier alpha value is 0.880. The van der Waals surface area contributed by atoms with Crippen molar-refractivity contribution < 1.29 is 9.47 Å². The average molecular weight is 304 g/mol. The maximum atomic E-state index is 5.26. The molecule has 0 aliphatic carbocycles. The number of rotatable bonds is 7. The van der Waals surface area contributed by atoms with Crippen molar-refractivity contribution in [1.82, 2.24) is 0 Å². The van der Waals surface area contributed by atoms with E-state index in [1.807, 2.05) is 13.8 Å². The van der Waals surface area contributed by atoms with E-state index in [0.29, 0.717) is 9.65 Å². The zero-order chi connectivity index (χ0) is 9.40. The third kappa shape index (κ3) is 6.40. The highest BCUT2D eigenvalue weighted by Gasteiger charge is 2.15. The lowest BCUT2D eigenvalue weighted by atomic mass is 10.3. The molecule has 0 aliphatic heterocycles. The van der Waals surface area contributed by atoms with Crippen LogP contribution in [0.3, 0.4) is 0 Å². The Bertz CT molecular complexity index is 89.1. The maximum absolute atomic E-state index is 5.26. The van der Waals surface area contributed by atoms with Gasteiger partial charge in [0.25, 0.3) is 0 Å². The summed E-state index contributed by atoms with van der Waals surface area (Å²) in [4.78, 5) is 0.646. The van der Waals surface area contributed by atoms with Crippen molar-refractivity contribution in [2.75, 3.05) is 26.4 Å². The summed E-state index contributed by atoms with van der Waals surface area (Å²) in [5, 5.41) is 0. The zero-order valence-corrected chi connectivity index (χ0v) is 10.7. The standard InChI is InChI=1S/C8H16Br2O2/c1-3-11-5-7(9)8(10)6-12-4-2/h7-8H,3-6H2,1-2H3. The van der Waals surface area contributed by atoms with Crippen molar-refractivity contribution in [2.24, 2.45) is 0 Å². The molecular formula is C8H16Br2O2. The van der Waals surface area contributed by atoms with Gasteiger partial charge in [0.05, 0.1) is 22.9 Å². The van der Waals surface area contributed by atoms with Crippen molar-refractivity contribution in [3.05, 3.63) is 0 Å². The Morgan fingerprint density at radius 1 is 0.917 bits per heavy atom. The van der Waals surface area contributed by atoms with Crippen molar-refractivity contribution in [3.63, 3.8) is 0 Å². The molecule has 0 spiro atoms. The Balaban J connectivity index is 3.39. The number of alkyl halides is 2. The predicted octanol–water partition coefficient (Wildman–Crippen LogP) is 2.59. The first-order valence-electron chi connectivity index (χ1n) is 4.16. The molecule has 0 aliphatic rings. The fourth-order valence-electron chi connectivity index (χ4n) is 0.670. The van der Waals surface area contributed by atoms with Gasteiger partial charge in [-0.2, -0.15) is 0 Å². The zero-order valence-electron chi connectivity index (χ0n) is 7.56. The lowest BCUT2D eigenvalue weighted by Gasteiger charge is -2.15. The van der Waals surface area contributed by atoms with E-state index in [-0.39, 0.29) is 0 Å². The first-order chi connectivity index (χ1) is 5.72. The Morgan fingerprint density at radius 2 is 1.25 bits per heavy atom. The van der Waals surface area contributed by atoms with Crippen LogP contribution in [0.25, 0.3) is 0 Å². The molecule has 0 aromatic rings. The molecule has 0 radical (unpaired) electrons. The molecule has 4 heteroatoms. The average Bonchev–Trinajstić information content (AvgIpc) is 2.10. The van der Waals surface area contributed by atoms with Crippen LogP contribution in [0.15, 0.2) is 0 Å². The van der Waals surface area contributed by atoms with E-state index in [4.69, 9.17) is 9.47 Å². The van der Waals surface area contributed by atoms with Gasteiger partial charge in [-0.25, -0.2) is 0 Å². The van der Waals surface area contributed by atoms with Crippen LogP contribution in [0.4, 0.5) is 0 Å². The molecule has 12 heavy (non-hydrogen) atoms. The molecule has 2 unspecified atom stereocenters. The fraction of sp³-hybridized carbons (Fsp3) is 1.00. The number of hydrogen-bond acceptors (Lipinski definition) is 2. The predicted molar refractivity (Wildman–Crippen MR) is 58.4 cm³/mol. The first kappa shape index (κ1) is 12.9. The van der Waals surface area contributed by atoms with E-state index in [2.05, 4.69) is 31.9 Å². The molecule has 0 saturated heterocycles. The molecule has 0 aromatic heterocycles. The Kier molecular flexibility index (Phi) is 9.10. The van der Waals surface area contributed by atoms with Crippen molar-refractivity contribution in [3.8, 4) is 0 Å². The second-order valence-electron chi connectivity index (χ2n) is 2.35. The number of halogens is 2. The highest BCUT2D eigenvalue weighted by molar-refractivity contribution is 9.12. The molecule has 0 N–H and O–H groups in total. The van der Waals surface area contributed by atoms with Crippen LogP contribution in [0.1, 0.15) is 13.8 Å². The van der Waals surface area contributed by atoms with Crippen LogP contribution >= 0.6 is 31.9 Å². The van der Waals surface area contributed by atoms with E-state index in [9.17, 15) is 0 Å². The molecule has 2 nitrogen and oxygen atoms in total. The third-order valence-corrected chi connectivity index (χ3v) is 3.87. The summed E-state index contributed by atoms with van der Waals surface area (Å²) in [6.07, 6.45) is 0. The Labute approximate surface area is 91.3 Å². The van der Waals surface area contributed by atoms with E-state index in [1.54, 1.807) is 0 Å². The molecule has 0 amide bonds. The summed E-state index contributed by atoms with van der Waals surface area (Å²) in [5.41, 5.74) is 0. The lowest BCUT2D eigenvalue weighted by Crippen LogP contribution is -2.24. The number of ether oxygens (including phenoxy) is 2. The van der Waals surface area contributed by atoms with Gasteiger partial charge in [0.1, 0.15) is 0 Å². The topological polar surface area (TPSA) is 18.5 Å². The van der Waals surface area contributed by atoms with Gasteiger partial charge in [0.2, 0.25) is 0 Å². The smallest absolute Gasteiger partial charge is 0.0603 e. The summed E-state index contributed by atoms with van der Waals surface area (Å²) in [7, 11) is 0. The lowest BCUT2D eigenvalue weighted by molar-refractivity contribution is 0.123. The van der Waals surface area contributed by atoms with Gasteiger partial charge in [-0.1, -0.05) is 31.9 Å². The second kappa shape index (κ2) is 8.48. The minimum absolute atomic E-state index is 0.323. The van der Waals surface area contributed by atoms with Gasteiger partial charge in [-0.3, -0.25) is 0 Å². The molecule has 0 rings (SSSR count). The van der Waals surface area contributed by atoms with Crippen molar-refractivity contribution >= 4 is 31.9 Å². The van der Waals surface area contributed by atoms with Crippen LogP contribution in [0.5, 0.6) is 0 Å². The van der Waals surface area contributed by atoms with E-state index < -0.39 is 0 Å². The monoisotopic (exact) mass is 302 g/mol. The summed E-state index contributed by atoms with van der Waals surface area (Å²) >= 11 is 7.05. The third-order valence-electron chi connectivity index (χ3n) is 1.35. The van der Waals surface area contributed by atoms with Gasteiger partial charge in [0, 0.05) is 13.2 Å². The van der Waals surface area contributed by atoms with Gasteiger partial charge in [0.15, 0.2) is 0 Å². The summed E-state index contributed by atoms with van der Waals surface area (Å²) in [6.45, 7) is 6.95. The molecule has 74 valence electrons. The van der Waals surface area contributed by atoms with Gasteiger partial charge >= 0.3 is 0 Å². The van der Waals surface area contributed by atoms with Gasteiger partial charge in [-0.05, 0) is 13.8 Å². The van der Waals surface area contributed by atoms with Crippen LogP contribution < -0.4 is 0 Å². The quantitative estimate of drug-likeness (QED) is 0.673. The van der Waals surface area contributed by atoms with Crippen molar-refractivity contribution in [1.29, 1.82) is 0 Å². The molecular weight excluding hydrogens is 288 g/mol. The van der Waals surface area contributed by atoms with Crippen LogP contribution in [-0.4, -0.2) is 36.1 Å². The summed E-state index contributed by atoms with van der Waals surface area (Å²) < 4.78 is 10.5. The first-order valence-corrected chi connectivity index (χ1v) is 5.99. The fourth-order valence-corrected chi connectivity index (χ4v) is 1.35. The highest BCUT2D eigenvalue weighted by Crippen LogP contribution is 2.15. The SMILES string of the molecule is CCOCC(Br)C(Br)COCC. The normalized spacial score (nSPS) is 16.0. The molecule has 0 fully saturated rings. The largest absolute Gasteiger partial charge is 0.381 e.